The van der Waals surface area contributed by atoms with E-state index in [2.05, 4.69) is 34.9 Å². The zero-order valence-electron chi connectivity index (χ0n) is 10.9. The molecular formula is C13H19N5. The molecule has 0 aliphatic carbocycles. The first-order valence-corrected chi connectivity index (χ1v) is 6.48. The summed E-state index contributed by atoms with van der Waals surface area (Å²) in [5.41, 5.74) is 7.87. The minimum atomic E-state index is 0.436. The summed E-state index contributed by atoms with van der Waals surface area (Å²) in [7, 11) is 0. The predicted molar refractivity (Wildman–Crippen MR) is 71.8 cm³/mol. The van der Waals surface area contributed by atoms with Crippen LogP contribution in [0.2, 0.25) is 0 Å². The zero-order valence-corrected chi connectivity index (χ0v) is 10.9. The molecule has 0 atom stereocenters. The Morgan fingerprint density at radius 2 is 2.22 bits per heavy atom. The molecule has 2 aromatic rings. The second kappa shape index (κ2) is 4.24. The van der Waals surface area contributed by atoms with Gasteiger partial charge in [0.2, 0.25) is 0 Å². The zero-order chi connectivity index (χ0) is 12.7. The molecule has 2 aromatic heterocycles. The average molecular weight is 245 g/mol. The molecule has 1 aliphatic rings. The maximum Gasteiger partial charge on any atom is 0.154 e. The van der Waals surface area contributed by atoms with Crippen molar-refractivity contribution in [2.45, 2.75) is 19.8 Å². The third kappa shape index (κ3) is 1.75. The number of hydrogen-bond acceptors (Lipinski definition) is 4. The van der Waals surface area contributed by atoms with Crippen molar-refractivity contribution in [1.29, 1.82) is 0 Å². The van der Waals surface area contributed by atoms with E-state index < -0.39 is 0 Å². The lowest BCUT2D eigenvalue weighted by molar-refractivity contribution is 0.417. The summed E-state index contributed by atoms with van der Waals surface area (Å²) in [6.07, 6.45) is 3.72. The maximum atomic E-state index is 5.67. The summed E-state index contributed by atoms with van der Waals surface area (Å²) in [6, 6.07) is 2.14. The molecule has 1 aliphatic heterocycles. The molecule has 1 saturated heterocycles. The lowest BCUT2D eigenvalue weighted by Crippen LogP contribution is -2.50. The summed E-state index contributed by atoms with van der Waals surface area (Å²) in [5.74, 6) is 2.08. The van der Waals surface area contributed by atoms with E-state index in [0.717, 1.165) is 36.7 Å². The molecule has 0 saturated carbocycles. The van der Waals surface area contributed by atoms with E-state index in [1.54, 1.807) is 0 Å². The first-order chi connectivity index (χ1) is 8.69. The molecule has 0 amide bonds. The van der Waals surface area contributed by atoms with Gasteiger partial charge in [0, 0.05) is 31.4 Å². The van der Waals surface area contributed by atoms with Crippen LogP contribution in [-0.4, -0.2) is 34.2 Å². The van der Waals surface area contributed by atoms with Crippen LogP contribution < -0.4 is 10.6 Å². The van der Waals surface area contributed by atoms with Crippen molar-refractivity contribution < 1.29 is 0 Å². The highest BCUT2D eigenvalue weighted by atomic mass is 15.3. The highest BCUT2D eigenvalue weighted by Crippen LogP contribution is 2.27. The number of aromatic nitrogens is 3. The lowest BCUT2D eigenvalue weighted by atomic mass is 10.0. The van der Waals surface area contributed by atoms with Gasteiger partial charge in [0.15, 0.2) is 5.82 Å². The van der Waals surface area contributed by atoms with Gasteiger partial charge in [-0.05, 0) is 18.5 Å². The van der Waals surface area contributed by atoms with Gasteiger partial charge in [0.05, 0.1) is 5.69 Å². The molecule has 3 heterocycles. The molecule has 0 spiro atoms. The molecular weight excluding hydrogens is 226 g/mol. The van der Waals surface area contributed by atoms with Crippen LogP contribution in [0.25, 0.3) is 5.52 Å². The predicted octanol–water partition coefficient (Wildman–Crippen LogP) is 1.25. The Kier molecular flexibility index (Phi) is 2.70. The van der Waals surface area contributed by atoms with E-state index in [1.165, 1.54) is 0 Å². The molecule has 5 heteroatoms. The van der Waals surface area contributed by atoms with Crippen molar-refractivity contribution in [3.8, 4) is 0 Å². The van der Waals surface area contributed by atoms with Gasteiger partial charge in [-0.3, -0.25) is 0 Å². The molecule has 0 radical (unpaired) electrons. The van der Waals surface area contributed by atoms with Crippen LogP contribution in [0, 0.1) is 5.92 Å². The van der Waals surface area contributed by atoms with Crippen LogP contribution in [0.3, 0.4) is 0 Å². The van der Waals surface area contributed by atoms with Crippen molar-refractivity contribution in [3.05, 3.63) is 24.2 Å². The highest BCUT2D eigenvalue weighted by molar-refractivity contribution is 5.70. The molecule has 18 heavy (non-hydrogen) atoms. The first-order valence-electron chi connectivity index (χ1n) is 6.48. The summed E-state index contributed by atoms with van der Waals surface area (Å²) >= 11 is 0. The molecule has 0 unspecified atom stereocenters. The maximum absolute atomic E-state index is 5.67. The number of nitrogens with two attached hydrogens (primary N) is 1. The Labute approximate surface area is 107 Å². The number of anilines is 1. The fraction of sp³-hybridized carbons (Fsp3) is 0.538. The molecule has 0 aromatic carbocycles. The summed E-state index contributed by atoms with van der Waals surface area (Å²) in [6.45, 7) is 7.08. The fourth-order valence-corrected chi connectivity index (χ4v) is 2.34. The molecule has 0 bridgehead atoms. The molecule has 96 valence electrons. The third-order valence-electron chi connectivity index (χ3n) is 3.57. The number of nitrogens with zero attached hydrogens (tertiary/aromatic N) is 4. The van der Waals surface area contributed by atoms with Gasteiger partial charge in [0.25, 0.3) is 0 Å². The van der Waals surface area contributed by atoms with Crippen LogP contribution in [-0.2, 0) is 0 Å². The molecule has 3 rings (SSSR count). The average Bonchev–Trinajstić information content (AvgIpc) is 2.72. The Balaban J connectivity index is 1.97. The Morgan fingerprint density at radius 3 is 2.89 bits per heavy atom. The number of hydrogen-bond donors (Lipinski definition) is 1. The van der Waals surface area contributed by atoms with E-state index in [0.29, 0.717) is 11.8 Å². The minimum absolute atomic E-state index is 0.436. The van der Waals surface area contributed by atoms with Crippen molar-refractivity contribution >= 4 is 11.3 Å². The van der Waals surface area contributed by atoms with Crippen LogP contribution in [0.5, 0.6) is 0 Å². The van der Waals surface area contributed by atoms with Crippen molar-refractivity contribution in [3.63, 3.8) is 0 Å². The quantitative estimate of drug-likeness (QED) is 0.884. The largest absolute Gasteiger partial charge is 0.354 e. The molecule has 1 fully saturated rings. The number of rotatable bonds is 3. The second-order valence-corrected chi connectivity index (χ2v) is 5.31. The summed E-state index contributed by atoms with van der Waals surface area (Å²) < 4.78 is 1.92. The van der Waals surface area contributed by atoms with Gasteiger partial charge in [-0.1, -0.05) is 13.8 Å². The van der Waals surface area contributed by atoms with Gasteiger partial charge in [-0.25, -0.2) is 9.50 Å². The SMILES string of the molecule is CC(C)c1cc2c(N3CC(CN)C3)nccn2n1. The minimum Gasteiger partial charge on any atom is -0.354 e. The number of fused-ring (bicyclic) bond motifs is 1. The van der Waals surface area contributed by atoms with Crippen LogP contribution in [0.1, 0.15) is 25.5 Å². The molecule has 2 N–H and O–H groups in total. The van der Waals surface area contributed by atoms with Gasteiger partial charge >= 0.3 is 0 Å². The van der Waals surface area contributed by atoms with E-state index in [1.807, 2.05) is 16.9 Å². The van der Waals surface area contributed by atoms with Crippen molar-refractivity contribution in [2.75, 3.05) is 24.5 Å². The Hall–Kier alpha value is -1.62. The van der Waals surface area contributed by atoms with Gasteiger partial charge in [-0.15, -0.1) is 0 Å². The van der Waals surface area contributed by atoms with Gasteiger partial charge in [0.1, 0.15) is 5.52 Å². The fourth-order valence-electron chi connectivity index (χ4n) is 2.34. The topological polar surface area (TPSA) is 59.5 Å². The van der Waals surface area contributed by atoms with Gasteiger partial charge in [-0.2, -0.15) is 5.10 Å². The third-order valence-corrected chi connectivity index (χ3v) is 3.57. The van der Waals surface area contributed by atoms with E-state index in [9.17, 15) is 0 Å². The van der Waals surface area contributed by atoms with E-state index >= 15 is 0 Å². The smallest absolute Gasteiger partial charge is 0.154 e. The summed E-state index contributed by atoms with van der Waals surface area (Å²) in [4.78, 5) is 6.77. The van der Waals surface area contributed by atoms with Crippen LogP contribution in [0.15, 0.2) is 18.5 Å². The second-order valence-electron chi connectivity index (χ2n) is 5.31. The van der Waals surface area contributed by atoms with Gasteiger partial charge < -0.3 is 10.6 Å². The molecule has 5 nitrogen and oxygen atoms in total. The normalized spacial score (nSPS) is 16.6. The van der Waals surface area contributed by atoms with E-state index in [4.69, 9.17) is 5.73 Å². The lowest BCUT2D eigenvalue weighted by Gasteiger charge is -2.39. The van der Waals surface area contributed by atoms with Crippen molar-refractivity contribution in [1.82, 2.24) is 14.6 Å². The Bertz CT molecular complexity index is 554. The van der Waals surface area contributed by atoms with Crippen LogP contribution in [0.4, 0.5) is 5.82 Å². The monoisotopic (exact) mass is 245 g/mol. The standard InChI is InChI=1S/C13H19N5/c1-9(2)11-5-12-13(15-3-4-18(12)16-11)17-7-10(6-14)8-17/h3-5,9-10H,6-8,14H2,1-2H3. The first kappa shape index (κ1) is 11.5. The summed E-state index contributed by atoms with van der Waals surface area (Å²) in [5, 5.41) is 4.58. The Morgan fingerprint density at radius 1 is 1.44 bits per heavy atom. The van der Waals surface area contributed by atoms with Crippen molar-refractivity contribution in [2.24, 2.45) is 11.7 Å². The highest BCUT2D eigenvalue weighted by Gasteiger charge is 2.28. The van der Waals surface area contributed by atoms with Crippen LogP contribution >= 0.6 is 0 Å². The van der Waals surface area contributed by atoms with E-state index in [-0.39, 0.29) is 0 Å².